The summed E-state index contributed by atoms with van der Waals surface area (Å²) in [6.07, 6.45) is 0. The zero-order valence-electron chi connectivity index (χ0n) is 11.9. The number of hydrogen-bond donors (Lipinski definition) is 0. The van der Waals surface area contributed by atoms with Crippen LogP contribution in [0.4, 0.5) is 0 Å². The number of carbonyl (C=O) groups is 1. The van der Waals surface area contributed by atoms with Gasteiger partial charge in [-0.1, -0.05) is 42.5 Å². The summed E-state index contributed by atoms with van der Waals surface area (Å²) in [5, 5.41) is 2.33. The van der Waals surface area contributed by atoms with Crippen molar-refractivity contribution in [3.8, 4) is 0 Å². The quantitative estimate of drug-likeness (QED) is 0.749. The van der Waals surface area contributed by atoms with Crippen molar-refractivity contribution in [1.29, 1.82) is 0 Å². The Balaban J connectivity index is 2.26. The van der Waals surface area contributed by atoms with Gasteiger partial charge in [0.2, 0.25) is 0 Å². The SMILES string of the molecule is C[C@@H](C(=O)OC(C)(C)C)c1ccc2ccccc2c1. The first-order valence-electron chi connectivity index (χ1n) is 6.58. The van der Waals surface area contributed by atoms with Crippen LogP contribution in [0.3, 0.4) is 0 Å². The molecular formula is C17H20O2. The largest absolute Gasteiger partial charge is 0.460 e. The van der Waals surface area contributed by atoms with E-state index >= 15 is 0 Å². The van der Waals surface area contributed by atoms with Gasteiger partial charge in [0.15, 0.2) is 0 Å². The fourth-order valence-electron chi connectivity index (χ4n) is 2.00. The molecule has 0 fully saturated rings. The fourth-order valence-corrected chi connectivity index (χ4v) is 2.00. The molecule has 0 aromatic heterocycles. The molecule has 2 aromatic rings. The van der Waals surface area contributed by atoms with E-state index in [1.165, 1.54) is 5.39 Å². The number of rotatable bonds is 2. The molecule has 19 heavy (non-hydrogen) atoms. The predicted octanol–water partition coefficient (Wildman–Crippen LogP) is 4.29. The molecule has 2 heteroatoms. The third-order valence-electron chi connectivity index (χ3n) is 3.03. The van der Waals surface area contributed by atoms with Crippen LogP contribution in [0.2, 0.25) is 0 Å². The highest BCUT2D eigenvalue weighted by Gasteiger charge is 2.22. The van der Waals surface area contributed by atoms with Crippen LogP contribution in [-0.4, -0.2) is 11.6 Å². The van der Waals surface area contributed by atoms with Gasteiger partial charge in [0.25, 0.3) is 0 Å². The lowest BCUT2D eigenvalue weighted by Crippen LogP contribution is -2.26. The maximum absolute atomic E-state index is 12.1. The van der Waals surface area contributed by atoms with Crippen molar-refractivity contribution in [3.05, 3.63) is 48.0 Å². The van der Waals surface area contributed by atoms with Gasteiger partial charge in [0, 0.05) is 0 Å². The Bertz CT molecular complexity index is 593. The zero-order valence-corrected chi connectivity index (χ0v) is 11.9. The third kappa shape index (κ3) is 3.34. The molecule has 0 aliphatic rings. The summed E-state index contributed by atoms with van der Waals surface area (Å²) in [6.45, 7) is 7.55. The summed E-state index contributed by atoms with van der Waals surface area (Å²) < 4.78 is 5.43. The van der Waals surface area contributed by atoms with E-state index in [1.807, 2.05) is 52.0 Å². The second-order valence-electron chi connectivity index (χ2n) is 5.86. The second-order valence-corrected chi connectivity index (χ2v) is 5.86. The standard InChI is InChI=1S/C17H20O2/c1-12(16(18)19-17(2,3)4)14-10-9-13-7-5-6-8-15(13)11-14/h5-12H,1-4H3/t12-/m1/s1. The average Bonchev–Trinajstić information content (AvgIpc) is 2.35. The molecule has 100 valence electrons. The highest BCUT2D eigenvalue weighted by molar-refractivity contribution is 5.85. The monoisotopic (exact) mass is 256 g/mol. The fraction of sp³-hybridized carbons (Fsp3) is 0.353. The molecule has 0 amide bonds. The summed E-state index contributed by atoms with van der Waals surface area (Å²) >= 11 is 0. The van der Waals surface area contributed by atoms with Crippen LogP contribution in [0.1, 0.15) is 39.2 Å². The predicted molar refractivity (Wildman–Crippen MR) is 78.2 cm³/mol. The molecule has 0 aliphatic carbocycles. The lowest BCUT2D eigenvalue weighted by atomic mass is 9.97. The Morgan fingerprint density at radius 2 is 1.68 bits per heavy atom. The summed E-state index contributed by atoms with van der Waals surface area (Å²) in [5.41, 5.74) is 0.551. The van der Waals surface area contributed by atoms with Crippen molar-refractivity contribution in [2.24, 2.45) is 0 Å². The molecule has 0 radical (unpaired) electrons. The highest BCUT2D eigenvalue weighted by atomic mass is 16.6. The first-order chi connectivity index (χ1) is 8.87. The number of fused-ring (bicyclic) bond motifs is 1. The molecule has 0 spiro atoms. The summed E-state index contributed by atoms with van der Waals surface area (Å²) in [7, 11) is 0. The van der Waals surface area contributed by atoms with Crippen molar-refractivity contribution < 1.29 is 9.53 Å². The Morgan fingerprint density at radius 1 is 1.05 bits per heavy atom. The molecule has 2 rings (SSSR count). The minimum Gasteiger partial charge on any atom is -0.460 e. The third-order valence-corrected chi connectivity index (χ3v) is 3.03. The molecule has 0 heterocycles. The molecule has 0 saturated heterocycles. The van der Waals surface area contributed by atoms with Crippen LogP contribution in [-0.2, 0) is 9.53 Å². The van der Waals surface area contributed by atoms with E-state index in [-0.39, 0.29) is 11.9 Å². The average molecular weight is 256 g/mol. The van der Waals surface area contributed by atoms with Crippen LogP contribution in [0.5, 0.6) is 0 Å². The van der Waals surface area contributed by atoms with Crippen molar-refractivity contribution in [1.82, 2.24) is 0 Å². The maximum atomic E-state index is 12.1. The summed E-state index contributed by atoms with van der Waals surface area (Å²) in [4.78, 5) is 12.1. The Kier molecular flexibility index (Phi) is 3.61. The van der Waals surface area contributed by atoms with E-state index in [1.54, 1.807) is 0 Å². The van der Waals surface area contributed by atoms with Gasteiger partial charge < -0.3 is 4.74 Å². The molecule has 0 N–H and O–H groups in total. The molecular weight excluding hydrogens is 236 g/mol. The van der Waals surface area contributed by atoms with Gasteiger partial charge in [-0.15, -0.1) is 0 Å². The minimum absolute atomic E-state index is 0.178. The van der Waals surface area contributed by atoms with E-state index in [4.69, 9.17) is 4.74 Å². The van der Waals surface area contributed by atoms with Crippen LogP contribution in [0.25, 0.3) is 10.8 Å². The van der Waals surface area contributed by atoms with Gasteiger partial charge in [-0.3, -0.25) is 4.79 Å². The summed E-state index contributed by atoms with van der Waals surface area (Å²) in [5.74, 6) is -0.424. The number of esters is 1. The normalized spacial score (nSPS) is 13.3. The van der Waals surface area contributed by atoms with Gasteiger partial charge >= 0.3 is 5.97 Å². The van der Waals surface area contributed by atoms with Gasteiger partial charge in [0.05, 0.1) is 5.92 Å². The lowest BCUT2D eigenvalue weighted by Gasteiger charge is -2.22. The van der Waals surface area contributed by atoms with E-state index in [0.717, 1.165) is 10.9 Å². The molecule has 0 unspecified atom stereocenters. The molecule has 0 saturated carbocycles. The lowest BCUT2D eigenvalue weighted by molar-refractivity contribution is -0.156. The molecule has 1 atom stereocenters. The van der Waals surface area contributed by atoms with Crippen LogP contribution >= 0.6 is 0 Å². The van der Waals surface area contributed by atoms with Crippen LogP contribution in [0.15, 0.2) is 42.5 Å². The molecule has 0 aliphatic heterocycles. The molecule has 2 nitrogen and oxygen atoms in total. The van der Waals surface area contributed by atoms with Gasteiger partial charge in [-0.2, -0.15) is 0 Å². The van der Waals surface area contributed by atoms with Crippen LogP contribution < -0.4 is 0 Å². The number of carbonyl (C=O) groups excluding carboxylic acids is 1. The Labute approximate surface area is 114 Å². The summed E-state index contributed by atoms with van der Waals surface area (Å²) in [6, 6.07) is 14.2. The highest BCUT2D eigenvalue weighted by Crippen LogP contribution is 2.24. The van der Waals surface area contributed by atoms with E-state index in [2.05, 4.69) is 18.2 Å². The Morgan fingerprint density at radius 3 is 2.32 bits per heavy atom. The first-order valence-corrected chi connectivity index (χ1v) is 6.58. The molecule has 2 aromatic carbocycles. The van der Waals surface area contributed by atoms with E-state index < -0.39 is 5.60 Å². The van der Waals surface area contributed by atoms with Crippen molar-refractivity contribution in [3.63, 3.8) is 0 Å². The maximum Gasteiger partial charge on any atom is 0.313 e. The van der Waals surface area contributed by atoms with Gasteiger partial charge in [-0.05, 0) is 44.0 Å². The zero-order chi connectivity index (χ0) is 14.0. The first kappa shape index (κ1) is 13.6. The second kappa shape index (κ2) is 5.04. The van der Waals surface area contributed by atoms with Gasteiger partial charge in [-0.25, -0.2) is 0 Å². The number of hydrogen-bond acceptors (Lipinski definition) is 2. The Hall–Kier alpha value is -1.83. The van der Waals surface area contributed by atoms with E-state index in [0.29, 0.717) is 0 Å². The van der Waals surface area contributed by atoms with Crippen molar-refractivity contribution >= 4 is 16.7 Å². The molecule has 0 bridgehead atoms. The number of benzene rings is 2. The van der Waals surface area contributed by atoms with Crippen molar-refractivity contribution in [2.75, 3.05) is 0 Å². The number of ether oxygens (including phenoxy) is 1. The smallest absolute Gasteiger partial charge is 0.313 e. The van der Waals surface area contributed by atoms with E-state index in [9.17, 15) is 4.79 Å². The van der Waals surface area contributed by atoms with Gasteiger partial charge in [0.1, 0.15) is 5.60 Å². The minimum atomic E-state index is -0.442. The van der Waals surface area contributed by atoms with Crippen molar-refractivity contribution in [2.45, 2.75) is 39.2 Å². The van der Waals surface area contributed by atoms with Crippen LogP contribution in [0, 0.1) is 0 Å². The topological polar surface area (TPSA) is 26.3 Å².